The largest absolute Gasteiger partial charge is 1.00 e. The van der Waals surface area contributed by atoms with Gasteiger partial charge in [-0.25, -0.2) is 9.29 Å². The van der Waals surface area contributed by atoms with E-state index in [-0.39, 0.29) is 60.5 Å². The number of thioether (sulfide) groups is 1. The van der Waals surface area contributed by atoms with Crippen molar-refractivity contribution in [3.05, 3.63) is 11.1 Å². The summed E-state index contributed by atoms with van der Waals surface area (Å²) in [5, 5.41) is 17.6. The number of thiazole rings is 1. The molecular formula is C11H13N6NaO6S4. The van der Waals surface area contributed by atoms with E-state index in [2.05, 4.69) is 32.2 Å². The van der Waals surface area contributed by atoms with Gasteiger partial charge in [-0.3, -0.25) is 14.3 Å². The van der Waals surface area contributed by atoms with Crippen molar-refractivity contribution in [3.63, 3.8) is 0 Å². The normalized spacial score (nSPS) is 20.4. The zero-order valence-electron chi connectivity index (χ0n) is 14.5. The number of anilines is 1. The van der Waals surface area contributed by atoms with Crippen LogP contribution in [0.5, 0.6) is 0 Å². The minimum absolute atomic E-state index is 0. The van der Waals surface area contributed by atoms with E-state index in [1.54, 1.807) is 0 Å². The number of aromatic nitrogens is 1. The number of nitrogens with two attached hydrogens (primary N) is 2. The third-order valence-electron chi connectivity index (χ3n) is 3.19. The first-order valence-electron chi connectivity index (χ1n) is 6.87. The smallest absolute Gasteiger partial charge is 0.857 e. The summed E-state index contributed by atoms with van der Waals surface area (Å²) in [6.07, 6.45) is 0. The SMILES string of the molecule is CO/N=C(/C([O-])=N[C@@H]1C(=O)N(S(=O)(=O)O)[C@@H]1CSC(N)=S)c1csc(N)n1.[Na+]. The molecule has 17 heteroatoms. The van der Waals surface area contributed by atoms with Crippen LogP contribution >= 0.6 is 35.3 Å². The number of oxime groups is 1. The number of aliphatic imine (C=N–C) groups is 1. The van der Waals surface area contributed by atoms with Crippen LogP contribution in [0.1, 0.15) is 5.69 Å². The topological polar surface area (TPSA) is 197 Å². The molecule has 5 N–H and O–H groups in total. The Balaban J connectivity index is 0.00000392. The molecule has 1 aliphatic rings. The second-order valence-corrected chi connectivity index (χ2v) is 8.82. The van der Waals surface area contributed by atoms with Crippen molar-refractivity contribution in [1.82, 2.24) is 9.29 Å². The summed E-state index contributed by atoms with van der Waals surface area (Å²) in [4.78, 5) is 24.3. The Morgan fingerprint density at radius 2 is 2.25 bits per heavy atom. The van der Waals surface area contributed by atoms with Crippen molar-refractivity contribution >= 4 is 72.6 Å². The molecule has 1 aromatic heterocycles. The van der Waals surface area contributed by atoms with E-state index in [4.69, 9.17) is 11.5 Å². The number of carbonyl (C=O) groups is 1. The van der Waals surface area contributed by atoms with Gasteiger partial charge in [-0.1, -0.05) is 29.1 Å². The minimum atomic E-state index is -4.83. The fraction of sp³-hybridized carbons (Fsp3) is 0.364. The average molecular weight is 477 g/mol. The molecule has 0 aromatic carbocycles. The Bertz CT molecular complexity index is 918. The van der Waals surface area contributed by atoms with Crippen LogP contribution in [0, 0.1) is 0 Å². The van der Waals surface area contributed by atoms with E-state index in [1.807, 2.05) is 0 Å². The van der Waals surface area contributed by atoms with E-state index < -0.39 is 34.2 Å². The van der Waals surface area contributed by atoms with E-state index >= 15 is 0 Å². The summed E-state index contributed by atoms with van der Waals surface area (Å²) in [5.74, 6) is -2.14. The van der Waals surface area contributed by atoms with Gasteiger partial charge in [0.15, 0.2) is 11.2 Å². The summed E-state index contributed by atoms with van der Waals surface area (Å²) in [6.45, 7) is 0. The molecule has 1 aliphatic heterocycles. The second-order valence-electron chi connectivity index (χ2n) is 4.88. The van der Waals surface area contributed by atoms with Crippen molar-refractivity contribution in [3.8, 4) is 0 Å². The number of carbonyl (C=O) groups excluding carboxylic acids is 1. The summed E-state index contributed by atoms with van der Waals surface area (Å²) in [5.41, 5.74) is 10.6. The van der Waals surface area contributed by atoms with Gasteiger partial charge in [-0.05, 0) is 0 Å². The molecule has 1 saturated heterocycles. The number of β-lactam (4-membered cyclic amide) rings is 1. The fourth-order valence-electron chi connectivity index (χ4n) is 2.13. The average Bonchev–Trinajstić information content (AvgIpc) is 2.98. The molecule has 1 amide bonds. The Hall–Kier alpha value is -1.01. The standard InChI is InChI=1S/C11H14N6O6S4.Na/c1-23-16-6(4-2-25-10(12)14-4)8(18)15-7-5(3-26-11(13)24)17(9(7)19)27(20,21)22;/h2,5,7H,3H2,1H3,(H2,12,14)(H2,13,24)(H,15,18)(H,20,21,22);/q;+1/p-1/b16-6+;/t5-,7+;/m1./s1. The van der Waals surface area contributed by atoms with Crippen LogP contribution in [0.3, 0.4) is 0 Å². The predicted octanol–water partition coefficient (Wildman–Crippen LogP) is -4.80. The molecule has 28 heavy (non-hydrogen) atoms. The van der Waals surface area contributed by atoms with Crippen LogP contribution in [0.25, 0.3) is 0 Å². The molecule has 0 aliphatic carbocycles. The molecule has 2 rings (SSSR count). The quantitative estimate of drug-likeness (QED) is 0.0649. The van der Waals surface area contributed by atoms with Gasteiger partial charge in [0.25, 0.3) is 5.91 Å². The number of hydrogen-bond donors (Lipinski definition) is 3. The van der Waals surface area contributed by atoms with Crippen molar-refractivity contribution in [2.75, 3.05) is 18.6 Å². The van der Waals surface area contributed by atoms with Crippen LogP contribution in [0.15, 0.2) is 15.5 Å². The monoisotopic (exact) mass is 476 g/mol. The van der Waals surface area contributed by atoms with Crippen LogP contribution in [0.2, 0.25) is 0 Å². The minimum Gasteiger partial charge on any atom is -0.857 e. The molecule has 0 spiro atoms. The molecule has 1 fully saturated rings. The number of nitrogen functional groups attached to an aromatic ring is 1. The molecule has 2 heterocycles. The van der Waals surface area contributed by atoms with Crippen molar-refractivity contribution in [2.24, 2.45) is 15.9 Å². The van der Waals surface area contributed by atoms with E-state index in [0.29, 0.717) is 0 Å². The van der Waals surface area contributed by atoms with Crippen LogP contribution in [0.4, 0.5) is 5.13 Å². The van der Waals surface area contributed by atoms with Crippen molar-refractivity contribution in [1.29, 1.82) is 0 Å². The maximum absolute atomic E-state index is 12.4. The molecule has 0 bridgehead atoms. The first-order chi connectivity index (χ1) is 12.6. The molecule has 0 saturated carbocycles. The Kier molecular flexibility index (Phi) is 9.07. The molecule has 0 unspecified atom stereocenters. The zero-order valence-corrected chi connectivity index (χ0v) is 19.8. The van der Waals surface area contributed by atoms with Crippen molar-refractivity contribution < 1.29 is 57.3 Å². The number of thiocarbonyl (C=S) groups is 1. The van der Waals surface area contributed by atoms with E-state index in [0.717, 1.165) is 23.1 Å². The van der Waals surface area contributed by atoms with Crippen LogP contribution in [-0.4, -0.2) is 69.0 Å². The van der Waals surface area contributed by atoms with E-state index in [9.17, 15) is 22.9 Å². The van der Waals surface area contributed by atoms with Gasteiger partial charge in [0.1, 0.15) is 22.8 Å². The Morgan fingerprint density at radius 1 is 1.61 bits per heavy atom. The van der Waals surface area contributed by atoms with E-state index in [1.165, 1.54) is 12.5 Å². The Labute approximate surface area is 195 Å². The van der Waals surface area contributed by atoms with Gasteiger partial charge in [0.05, 0.1) is 6.04 Å². The fourth-order valence-corrected chi connectivity index (χ4v) is 4.51. The van der Waals surface area contributed by atoms with Gasteiger partial charge in [-0.2, -0.15) is 8.42 Å². The Morgan fingerprint density at radius 3 is 2.71 bits per heavy atom. The van der Waals surface area contributed by atoms with Crippen LogP contribution < -0.4 is 46.1 Å². The second kappa shape index (κ2) is 10.1. The molecule has 1 aromatic rings. The third-order valence-corrected chi connectivity index (χ3v) is 5.95. The number of rotatable bonds is 7. The molecule has 12 nitrogen and oxygen atoms in total. The molecule has 0 radical (unpaired) electrons. The summed E-state index contributed by atoms with van der Waals surface area (Å²) >= 11 is 6.61. The van der Waals surface area contributed by atoms with Gasteiger partial charge in [-0.15, -0.1) is 11.3 Å². The van der Waals surface area contributed by atoms with Crippen molar-refractivity contribution in [2.45, 2.75) is 12.1 Å². The maximum atomic E-state index is 12.4. The van der Waals surface area contributed by atoms with Gasteiger partial charge >= 0.3 is 39.9 Å². The number of amides is 1. The molecule has 148 valence electrons. The molecule has 2 atom stereocenters. The zero-order chi connectivity index (χ0) is 20.4. The third kappa shape index (κ3) is 5.76. The van der Waals surface area contributed by atoms with Gasteiger partial charge < -0.3 is 21.4 Å². The summed E-state index contributed by atoms with van der Waals surface area (Å²) in [6, 6.07) is -2.52. The van der Waals surface area contributed by atoms with Gasteiger partial charge in [0, 0.05) is 17.0 Å². The number of hydrogen-bond acceptors (Lipinski definition) is 12. The van der Waals surface area contributed by atoms with Gasteiger partial charge in [0.2, 0.25) is 0 Å². The number of nitrogens with zero attached hydrogens (tertiary/aromatic N) is 4. The summed E-state index contributed by atoms with van der Waals surface area (Å²) in [7, 11) is -3.63. The predicted molar refractivity (Wildman–Crippen MR) is 103 cm³/mol. The molecular weight excluding hydrogens is 463 g/mol. The van der Waals surface area contributed by atoms with Crippen LogP contribution in [-0.2, 0) is 19.9 Å². The first-order valence-corrected chi connectivity index (χ1v) is 10.5. The maximum Gasteiger partial charge on any atom is 1.00 e. The first kappa shape index (κ1) is 25.0. The summed E-state index contributed by atoms with van der Waals surface area (Å²) < 4.78 is 32.1.